The number of allylic oxidation sites excluding steroid dienone is 2. The maximum Gasteiger partial charge on any atom is 0.237 e. The van der Waals surface area contributed by atoms with Gasteiger partial charge in [-0.15, -0.1) is 0 Å². The first-order valence-electron chi connectivity index (χ1n) is 13.7. The zero-order chi connectivity index (χ0) is 27.9. The van der Waals surface area contributed by atoms with E-state index in [1.54, 1.807) is 6.07 Å². The van der Waals surface area contributed by atoms with E-state index in [1.807, 2.05) is 53.6 Å². The standard InChI is InChI=1S/C33H33FN4O2/c1-22-26-19-28(34)30(37-15-17-39-18-16-37)20-29(26)38(23(2)24-11-7-5-8-12-24)21-27(22)31-35-32(40-36-31)33(3,4)25-13-9-6-10-14-25/h5-14,19-21,23H,1,15-18H2,2-4H3. The van der Waals surface area contributed by atoms with Crippen LogP contribution in [0.5, 0.6) is 0 Å². The van der Waals surface area contributed by atoms with E-state index < -0.39 is 5.41 Å². The molecule has 2 aliphatic heterocycles. The fraction of sp³-hybridized carbons (Fsp3) is 0.273. The molecule has 0 radical (unpaired) electrons. The highest BCUT2D eigenvalue weighted by molar-refractivity contribution is 6.08. The molecule has 40 heavy (non-hydrogen) atoms. The highest BCUT2D eigenvalue weighted by Crippen LogP contribution is 2.46. The minimum Gasteiger partial charge on any atom is -0.378 e. The van der Waals surface area contributed by atoms with E-state index in [0.717, 1.165) is 16.8 Å². The number of hydrogen-bond donors (Lipinski definition) is 0. The van der Waals surface area contributed by atoms with Crippen LogP contribution in [0.1, 0.15) is 55.2 Å². The molecule has 6 rings (SSSR count). The molecule has 6 nitrogen and oxygen atoms in total. The van der Waals surface area contributed by atoms with Crippen molar-refractivity contribution >= 4 is 22.5 Å². The zero-order valence-corrected chi connectivity index (χ0v) is 23.1. The van der Waals surface area contributed by atoms with Crippen molar-refractivity contribution in [3.63, 3.8) is 0 Å². The van der Waals surface area contributed by atoms with Crippen LogP contribution in [0.25, 0.3) is 11.1 Å². The van der Waals surface area contributed by atoms with Gasteiger partial charge < -0.3 is 19.1 Å². The first-order chi connectivity index (χ1) is 19.3. The Morgan fingerprint density at radius 3 is 2.33 bits per heavy atom. The quantitative estimate of drug-likeness (QED) is 0.264. The first-order valence-corrected chi connectivity index (χ1v) is 13.7. The fourth-order valence-corrected chi connectivity index (χ4v) is 5.45. The van der Waals surface area contributed by atoms with E-state index in [1.165, 1.54) is 0 Å². The second-order valence-electron chi connectivity index (χ2n) is 10.8. The van der Waals surface area contributed by atoms with Gasteiger partial charge >= 0.3 is 0 Å². The van der Waals surface area contributed by atoms with E-state index in [0.29, 0.717) is 60.4 Å². The molecule has 4 aromatic rings. The van der Waals surface area contributed by atoms with Gasteiger partial charge in [0.15, 0.2) is 0 Å². The summed E-state index contributed by atoms with van der Waals surface area (Å²) >= 11 is 0. The number of ether oxygens (including phenoxy) is 1. The SMILES string of the molecule is C=C1C(c2noc(C(C)(C)c3ccccc3)n2)=CN(C(C)c2ccccc2)c2cc(N3CCOCC3)c(F)cc21. The van der Waals surface area contributed by atoms with Crippen LogP contribution in [-0.2, 0) is 10.2 Å². The van der Waals surface area contributed by atoms with Crippen LogP contribution in [0, 0.1) is 5.82 Å². The van der Waals surface area contributed by atoms with E-state index in [9.17, 15) is 0 Å². The molecular formula is C33H33FN4O2. The van der Waals surface area contributed by atoms with E-state index in [4.69, 9.17) is 14.2 Å². The number of benzene rings is 3. The van der Waals surface area contributed by atoms with Gasteiger partial charge in [0, 0.05) is 30.4 Å². The maximum absolute atomic E-state index is 15.7. The van der Waals surface area contributed by atoms with E-state index >= 15 is 4.39 Å². The Kier molecular flexibility index (Phi) is 6.76. The molecule has 3 heterocycles. The lowest BCUT2D eigenvalue weighted by molar-refractivity contribution is 0.122. The minimum atomic E-state index is -0.489. The van der Waals surface area contributed by atoms with E-state index in [2.05, 4.69) is 61.7 Å². The van der Waals surface area contributed by atoms with Crippen LogP contribution in [0.3, 0.4) is 0 Å². The largest absolute Gasteiger partial charge is 0.378 e. The summed E-state index contributed by atoms with van der Waals surface area (Å²) in [6, 6.07) is 23.8. The Morgan fingerprint density at radius 1 is 0.950 bits per heavy atom. The number of nitrogens with zero attached hydrogens (tertiary/aromatic N) is 4. The number of anilines is 2. The topological polar surface area (TPSA) is 54.6 Å². The Morgan fingerprint density at radius 2 is 1.62 bits per heavy atom. The molecule has 7 heteroatoms. The maximum atomic E-state index is 15.7. The van der Waals surface area contributed by atoms with Gasteiger partial charge in [-0.3, -0.25) is 0 Å². The number of morpholine rings is 1. The number of aromatic nitrogens is 2. The molecule has 204 valence electrons. The molecule has 0 spiro atoms. The average molecular weight is 537 g/mol. The molecule has 0 amide bonds. The van der Waals surface area contributed by atoms with Gasteiger partial charge in [-0.1, -0.05) is 72.4 Å². The van der Waals surface area contributed by atoms with Gasteiger partial charge in [0.05, 0.1) is 36.0 Å². The van der Waals surface area contributed by atoms with Gasteiger partial charge in [-0.2, -0.15) is 4.98 Å². The van der Waals surface area contributed by atoms with Crippen LogP contribution >= 0.6 is 0 Å². The highest BCUT2D eigenvalue weighted by Gasteiger charge is 2.33. The van der Waals surface area contributed by atoms with Crippen LogP contribution in [0.4, 0.5) is 15.8 Å². The predicted molar refractivity (Wildman–Crippen MR) is 157 cm³/mol. The lowest BCUT2D eigenvalue weighted by Gasteiger charge is -2.37. The van der Waals surface area contributed by atoms with Crippen molar-refractivity contribution < 1.29 is 13.7 Å². The molecule has 0 saturated carbocycles. The molecule has 3 aromatic carbocycles. The molecule has 1 aromatic heterocycles. The summed E-state index contributed by atoms with van der Waals surface area (Å²) in [5, 5.41) is 4.38. The molecule has 1 unspecified atom stereocenters. The van der Waals surface area contributed by atoms with Crippen molar-refractivity contribution in [2.45, 2.75) is 32.2 Å². The van der Waals surface area contributed by atoms with Crippen molar-refractivity contribution in [3.05, 3.63) is 120 Å². The number of hydrogen-bond acceptors (Lipinski definition) is 6. The molecule has 1 fully saturated rings. The normalized spacial score (nSPS) is 16.5. The lowest BCUT2D eigenvalue weighted by atomic mass is 9.84. The minimum absolute atomic E-state index is 0.0434. The molecule has 1 saturated heterocycles. The first kappa shape index (κ1) is 26.0. The molecule has 2 aliphatic rings. The monoisotopic (exact) mass is 536 g/mol. The third-order valence-corrected chi connectivity index (χ3v) is 8.01. The second kappa shape index (κ2) is 10.4. The van der Waals surface area contributed by atoms with Crippen molar-refractivity contribution in [3.8, 4) is 0 Å². The number of fused-ring (bicyclic) bond motifs is 1. The van der Waals surface area contributed by atoms with Gasteiger partial charge in [-0.05, 0) is 49.6 Å². The summed E-state index contributed by atoms with van der Waals surface area (Å²) in [6.45, 7) is 13.1. The van der Waals surface area contributed by atoms with Gasteiger partial charge in [0.2, 0.25) is 11.7 Å². The molecule has 0 aliphatic carbocycles. The van der Waals surface area contributed by atoms with Crippen LogP contribution < -0.4 is 9.80 Å². The Balaban J connectivity index is 1.44. The number of rotatable bonds is 6. The fourth-order valence-electron chi connectivity index (χ4n) is 5.45. The Bertz CT molecular complexity index is 1560. The van der Waals surface area contributed by atoms with Crippen LogP contribution in [-0.4, -0.2) is 36.4 Å². The number of halogens is 1. The third kappa shape index (κ3) is 4.60. The third-order valence-electron chi connectivity index (χ3n) is 8.01. The molecule has 0 N–H and O–H groups in total. The summed E-state index contributed by atoms with van der Waals surface area (Å²) < 4.78 is 27.0. The summed E-state index contributed by atoms with van der Waals surface area (Å²) in [6.07, 6.45) is 2.02. The van der Waals surface area contributed by atoms with Gasteiger partial charge in [-0.25, -0.2) is 4.39 Å². The molecule has 0 bridgehead atoms. The summed E-state index contributed by atoms with van der Waals surface area (Å²) in [5.41, 5.74) is 5.25. The van der Waals surface area contributed by atoms with Crippen molar-refractivity contribution in [2.75, 3.05) is 36.1 Å². The van der Waals surface area contributed by atoms with Crippen molar-refractivity contribution in [1.29, 1.82) is 0 Å². The van der Waals surface area contributed by atoms with Gasteiger partial charge in [0.1, 0.15) is 5.82 Å². The second-order valence-corrected chi connectivity index (χ2v) is 10.8. The molecular weight excluding hydrogens is 503 g/mol. The smallest absolute Gasteiger partial charge is 0.237 e. The zero-order valence-electron chi connectivity index (χ0n) is 23.1. The predicted octanol–water partition coefficient (Wildman–Crippen LogP) is 7.01. The summed E-state index contributed by atoms with van der Waals surface area (Å²) in [7, 11) is 0. The highest BCUT2D eigenvalue weighted by atomic mass is 19.1. The van der Waals surface area contributed by atoms with Crippen molar-refractivity contribution in [2.24, 2.45) is 0 Å². The van der Waals surface area contributed by atoms with Crippen LogP contribution in [0.2, 0.25) is 0 Å². The van der Waals surface area contributed by atoms with Crippen molar-refractivity contribution in [1.82, 2.24) is 10.1 Å². The lowest BCUT2D eigenvalue weighted by Crippen LogP contribution is -2.37. The average Bonchev–Trinajstić information content (AvgIpc) is 3.49. The van der Waals surface area contributed by atoms with E-state index in [-0.39, 0.29) is 11.9 Å². The summed E-state index contributed by atoms with van der Waals surface area (Å²) in [4.78, 5) is 9.04. The Labute approximate surface area is 234 Å². The molecule has 1 atom stereocenters. The van der Waals surface area contributed by atoms with Crippen LogP contribution in [0.15, 0.2) is 90.1 Å². The summed E-state index contributed by atoms with van der Waals surface area (Å²) in [5.74, 6) is 0.650. The Hall–Kier alpha value is -4.23. The van der Waals surface area contributed by atoms with Gasteiger partial charge in [0.25, 0.3) is 0 Å².